The molecule has 0 bridgehead atoms. The van der Waals surface area contributed by atoms with E-state index in [1.54, 1.807) is 13.8 Å². The number of hydrogen-bond donors (Lipinski definition) is 2. The molecule has 2 unspecified atom stereocenters. The minimum Gasteiger partial charge on any atom is -0.371 e. The quantitative estimate of drug-likeness (QED) is 0.376. The van der Waals surface area contributed by atoms with Crippen molar-refractivity contribution in [1.29, 1.82) is 0 Å². The van der Waals surface area contributed by atoms with Crippen molar-refractivity contribution in [2.75, 3.05) is 37.6 Å². The molecule has 3 aromatic rings. The van der Waals surface area contributed by atoms with Crippen LogP contribution in [0.2, 0.25) is 0 Å². The fourth-order valence-electron chi connectivity index (χ4n) is 6.85. The highest BCUT2D eigenvalue weighted by Gasteiger charge is 2.36. The van der Waals surface area contributed by atoms with Crippen molar-refractivity contribution in [3.05, 3.63) is 65.4 Å². The van der Waals surface area contributed by atoms with Crippen LogP contribution < -0.4 is 10.2 Å². The molecule has 2 saturated heterocycles. The van der Waals surface area contributed by atoms with Crippen molar-refractivity contribution >= 4 is 16.6 Å². The number of para-hydroxylation sites is 1. The Hall–Kier alpha value is -2.51. The van der Waals surface area contributed by atoms with Crippen molar-refractivity contribution in [3.63, 3.8) is 0 Å². The number of aromatic amines is 1. The summed E-state index contributed by atoms with van der Waals surface area (Å²) >= 11 is 0. The normalized spacial score (nSPS) is 24.3. The van der Waals surface area contributed by atoms with E-state index >= 15 is 0 Å². The summed E-state index contributed by atoms with van der Waals surface area (Å²) < 4.78 is 40.7. The molecule has 2 fully saturated rings. The number of H-pyrrole nitrogens is 1. The van der Waals surface area contributed by atoms with Crippen LogP contribution in [-0.4, -0.2) is 54.3 Å². The van der Waals surface area contributed by atoms with Crippen molar-refractivity contribution in [2.45, 2.75) is 77.6 Å². The zero-order valence-electron chi connectivity index (χ0n) is 23.6. The van der Waals surface area contributed by atoms with Gasteiger partial charge in [0.05, 0.1) is 0 Å². The molecule has 7 heteroatoms. The number of alkyl halides is 1. The molecule has 3 aliphatic heterocycles. The monoisotopic (exact) mass is 540 g/mol. The van der Waals surface area contributed by atoms with Crippen LogP contribution in [0.15, 0.2) is 42.5 Å². The Balaban J connectivity index is 0.000000158. The minimum absolute atomic E-state index is 0.324. The number of anilines is 1. The van der Waals surface area contributed by atoms with Crippen molar-refractivity contribution in [1.82, 2.24) is 15.2 Å². The Kier molecular flexibility index (Phi) is 8.29. The Morgan fingerprint density at radius 2 is 1.74 bits per heavy atom. The van der Waals surface area contributed by atoms with E-state index in [1.807, 2.05) is 0 Å². The number of benzene rings is 2. The highest BCUT2D eigenvalue weighted by Crippen LogP contribution is 2.40. The third-order valence-corrected chi connectivity index (χ3v) is 8.73. The summed E-state index contributed by atoms with van der Waals surface area (Å²) in [5.41, 5.74) is 3.74. The van der Waals surface area contributed by atoms with Crippen LogP contribution in [-0.2, 0) is 13.0 Å². The van der Waals surface area contributed by atoms with Gasteiger partial charge in [-0.1, -0.05) is 18.2 Å². The van der Waals surface area contributed by atoms with E-state index in [-0.39, 0.29) is 0 Å². The summed E-state index contributed by atoms with van der Waals surface area (Å²) in [4.78, 5) is 7.89. The average molecular weight is 541 g/mol. The number of aromatic nitrogens is 1. The lowest BCUT2D eigenvalue weighted by molar-refractivity contribution is 0.0853. The Morgan fingerprint density at radius 3 is 2.51 bits per heavy atom. The number of nitrogens with one attached hydrogen (secondary N) is 2. The van der Waals surface area contributed by atoms with Gasteiger partial charge in [-0.3, -0.25) is 4.90 Å². The molecule has 212 valence electrons. The van der Waals surface area contributed by atoms with Gasteiger partial charge in [-0.2, -0.15) is 0 Å². The molecule has 1 spiro atoms. The van der Waals surface area contributed by atoms with E-state index < -0.39 is 17.3 Å². The van der Waals surface area contributed by atoms with Crippen LogP contribution in [0, 0.1) is 17.0 Å². The Labute approximate surface area is 231 Å². The molecule has 4 heterocycles. The molecule has 39 heavy (non-hydrogen) atoms. The molecule has 0 saturated carbocycles. The maximum Gasteiger partial charge on any atom is 0.128 e. The van der Waals surface area contributed by atoms with Crippen molar-refractivity contribution in [3.8, 4) is 0 Å². The second kappa shape index (κ2) is 11.5. The summed E-state index contributed by atoms with van der Waals surface area (Å²) in [6, 6.07) is 12.7. The molecule has 2 atom stereocenters. The number of piperidine rings is 1. The molecular formula is C32H43F3N4. The second-order valence-electron chi connectivity index (χ2n) is 12.6. The first kappa shape index (κ1) is 28.0. The number of rotatable bonds is 3. The summed E-state index contributed by atoms with van der Waals surface area (Å²) in [5.74, 6) is -0.968. The standard InChI is InChI=1S/C16H22F2N2.C16H21FN2/c17-13-9-14(18)11-15(10-13)20-8-2-4-16(12-20)3-1-6-19-7-5-16;1-11-8-13-12-6-4-5-7-14(12)18-15(13)9-19(11)10-16(2,3)17/h9-11,19H,1-8,12H2;4-7,11,18H,8-10H2,1-3H3. The molecule has 1 aromatic heterocycles. The van der Waals surface area contributed by atoms with Crippen LogP contribution in [0.25, 0.3) is 10.9 Å². The molecule has 0 aliphatic carbocycles. The first-order valence-electron chi connectivity index (χ1n) is 14.5. The predicted octanol–water partition coefficient (Wildman–Crippen LogP) is 6.99. The maximum atomic E-state index is 13.9. The van der Waals surface area contributed by atoms with Crippen LogP contribution in [0.1, 0.15) is 64.1 Å². The maximum absolute atomic E-state index is 13.9. The van der Waals surface area contributed by atoms with E-state index in [4.69, 9.17) is 0 Å². The fraction of sp³-hybridized carbons (Fsp3) is 0.562. The largest absolute Gasteiger partial charge is 0.371 e. The molecular weight excluding hydrogens is 497 g/mol. The SMILES string of the molecule is CC1Cc2c([nH]c3ccccc23)CN1CC(C)(C)F.Fc1cc(F)cc(N2CCCC3(CCCNCC3)C2)c1. The number of nitrogens with zero attached hydrogens (tertiary/aromatic N) is 2. The van der Waals surface area contributed by atoms with Crippen LogP contribution in [0.4, 0.5) is 18.9 Å². The highest BCUT2D eigenvalue weighted by molar-refractivity contribution is 5.84. The van der Waals surface area contributed by atoms with Gasteiger partial charge in [0.1, 0.15) is 17.3 Å². The van der Waals surface area contributed by atoms with E-state index in [2.05, 4.69) is 51.3 Å². The summed E-state index contributed by atoms with van der Waals surface area (Å²) in [5, 5.41) is 4.78. The van der Waals surface area contributed by atoms with Gasteiger partial charge in [-0.15, -0.1) is 0 Å². The molecule has 4 nitrogen and oxygen atoms in total. The topological polar surface area (TPSA) is 34.3 Å². The minimum atomic E-state index is -1.14. The second-order valence-corrected chi connectivity index (χ2v) is 12.6. The van der Waals surface area contributed by atoms with E-state index in [9.17, 15) is 13.2 Å². The highest BCUT2D eigenvalue weighted by atomic mass is 19.1. The lowest BCUT2D eigenvalue weighted by atomic mass is 9.74. The fourth-order valence-corrected chi connectivity index (χ4v) is 6.85. The lowest BCUT2D eigenvalue weighted by Crippen LogP contribution is -2.44. The smallest absolute Gasteiger partial charge is 0.128 e. The summed E-state index contributed by atoms with van der Waals surface area (Å²) in [6.45, 7) is 10.8. The number of hydrogen-bond acceptors (Lipinski definition) is 3. The first-order valence-corrected chi connectivity index (χ1v) is 14.5. The third-order valence-electron chi connectivity index (χ3n) is 8.73. The van der Waals surface area contributed by atoms with Gasteiger partial charge in [0.2, 0.25) is 0 Å². The number of fused-ring (bicyclic) bond motifs is 3. The van der Waals surface area contributed by atoms with Crippen LogP contribution in [0.3, 0.4) is 0 Å². The van der Waals surface area contributed by atoms with E-state index in [1.165, 1.54) is 60.0 Å². The molecule has 0 amide bonds. The Bertz CT molecular complexity index is 1240. The molecule has 2 N–H and O–H groups in total. The summed E-state index contributed by atoms with van der Waals surface area (Å²) in [7, 11) is 0. The zero-order valence-corrected chi connectivity index (χ0v) is 23.6. The van der Waals surface area contributed by atoms with Gasteiger partial charge < -0.3 is 15.2 Å². The summed E-state index contributed by atoms with van der Waals surface area (Å²) in [6.07, 6.45) is 6.93. The van der Waals surface area contributed by atoms with Gasteiger partial charge in [0, 0.05) is 60.6 Å². The van der Waals surface area contributed by atoms with Gasteiger partial charge in [-0.05, 0) is 102 Å². The molecule has 0 radical (unpaired) electrons. The molecule has 6 rings (SSSR count). The van der Waals surface area contributed by atoms with Crippen molar-refractivity contribution < 1.29 is 13.2 Å². The molecule has 3 aliphatic rings. The van der Waals surface area contributed by atoms with Gasteiger partial charge in [-0.25, -0.2) is 13.2 Å². The number of halogens is 3. The van der Waals surface area contributed by atoms with Crippen LogP contribution in [0.5, 0.6) is 0 Å². The first-order chi connectivity index (χ1) is 18.6. The van der Waals surface area contributed by atoms with Gasteiger partial charge in [0.15, 0.2) is 0 Å². The van der Waals surface area contributed by atoms with Crippen LogP contribution >= 0.6 is 0 Å². The molecule has 2 aromatic carbocycles. The average Bonchev–Trinajstić information content (AvgIpc) is 3.07. The van der Waals surface area contributed by atoms with Gasteiger partial charge >= 0.3 is 0 Å². The van der Waals surface area contributed by atoms with Crippen molar-refractivity contribution in [2.24, 2.45) is 5.41 Å². The Morgan fingerprint density at radius 1 is 1.00 bits per heavy atom. The van der Waals surface area contributed by atoms with E-state index in [0.29, 0.717) is 23.7 Å². The zero-order chi connectivity index (χ0) is 27.6. The lowest BCUT2D eigenvalue weighted by Gasteiger charge is -2.43. The predicted molar refractivity (Wildman–Crippen MR) is 154 cm³/mol. The van der Waals surface area contributed by atoms with E-state index in [0.717, 1.165) is 51.6 Å². The van der Waals surface area contributed by atoms with Gasteiger partial charge in [0.25, 0.3) is 0 Å². The third kappa shape index (κ3) is 6.80.